The van der Waals surface area contributed by atoms with Crippen LogP contribution in [0.2, 0.25) is 0 Å². The van der Waals surface area contributed by atoms with E-state index in [0.717, 1.165) is 9.80 Å². The van der Waals surface area contributed by atoms with Gasteiger partial charge in [-0.25, -0.2) is 17.6 Å². The summed E-state index contributed by atoms with van der Waals surface area (Å²) in [5.41, 5.74) is 1.18. The Hall–Kier alpha value is -11.6. The molecule has 1 unspecified atom stereocenters. The fourth-order valence-corrected chi connectivity index (χ4v) is 15.3. The van der Waals surface area contributed by atoms with Crippen molar-refractivity contribution in [3.8, 4) is 23.6 Å². The van der Waals surface area contributed by atoms with Crippen LogP contribution < -0.4 is 36.1 Å². The molecule has 0 radical (unpaired) electrons. The molecule has 5 aliphatic rings. The summed E-state index contributed by atoms with van der Waals surface area (Å²) in [5.74, 6) is -13.1. The number of rotatable bonds is 42. The number of nitriles is 2. The lowest BCUT2D eigenvalue weighted by Crippen LogP contribution is -2.52. The van der Waals surface area contributed by atoms with Gasteiger partial charge in [0.05, 0.1) is 93.3 Å². The molecular weight excluding hydrogens is 1610 g/mol. The highest BCUT2D eigenvalue weighted by atomic mass is 19.3. The van der Waals surface area contributed by atoms with E-state index in [9.17, 15) is 101 Å². The van der Waals surface area contributed by atoms with Gasteiger partial charge in [-0.2, -0.15) is 10.5 Å². The van der Waals surface area contributed by atoms with Crippen LogP contribution in [-0.4, -0.2) is 374 Å². The highest BCUT2D eigenvalue weighted by Gasteiger charge is 2.49. The Morgan fingerprint density at radius 2 is 1.03 bits per heavy atom. The van der Waals surface area contributed by atoms with Crippen molar-refractivity contribution in [1.29, 1.82) is 10.5 Å². The van der Waals surface area contributed by atoms with E-state index in [1.165, 1.54) is 24.5 Å². The lowest BCUT2D eigenvalue weighted by Gasteiger charge is -2.35. The molecule has 7 heterocycles. The predicted molar refractivity (Wildman–Crippen MR) is 425 cm³/mol. The molecule has 6 atom stereocenters. The van der Waals surface area contributed by atoms with Gasteiger partial charge in [0.2, 0.25) is 41.4 Å². The number of hydrogen-bond donors (Lipinski definition) is 7. The molecule has 0 bridgehead atoms. The second kappa shape index (κ2) is 45.9. The number of carboxylic acids is 2. The van der Waals surface area contributed by atoms with Crippen LogP contribution in [0, 0.1) is 22.7 Å². The first-order valence-corrected chi connectivity index (χ1v) is 40.4. The predicted octanol–water partition coefficient (Wildman–Crippen LogP) is 0.144. The minimum Gasteiger partial charge on any atom is -0.494 e. The third kappa shape index (κ3) is 28.3. The fourth-order valence-electron chi connectivity index (χ4n) is 15.3. The van der Waals surface area contributed by atoms with Gasteiger partial charge in [0, 0.05) is 153 Å². The molecule has 42 heteroatoms. The van der Waals surface area contributed by atoms with Gasteiger partial charge in [-0.3, -0.25) is 102 Å². The molecule has 2 aromatic heterocycles. The maximum atomic E-state index is 14.8. The molecule has 4 aromatic rings. The van der Waals surface area contributed by atoms with E-state index in [2.05, 4.69) is 36.6 Å². The Labute approximate surface area is 701 Å². The number of nitrogens with zero attached hydrogens (tertiary/aromatic N) is 14. The van der Waals surface area contributed by atoms with Gasteiger partial charge in [0.1, 0.15) is 49.1 Å². The minimum atomic E-state index is -3.22. The summed E-state index contributed by atoms with van der Waals surface area (Å²) < 4.78 is 78.0. The summed E-state index contributed by atoms with van der Waals surface area (Å²) in [6.45, 7) is 0.0772. The van der Waals surface area contributed by atoms with Crippen molar-refractivity contribution in [3.63, 3.8) is 0 Å². The van der Waals surface area contributed by atoms with Crippen LogP contribution in [0.5, 0.6) is 11.5 Å². The van der Waals surface area contributed by atoms with E-state index < -0.39 is 135 Å². The molecule has 5 aliphatic heterocycles. The average molecular weight is 1710 g/mol. The summed E-state index contributed by atoms with van der Waals surface area (Å²) in [6, 6.07) is 10.4. The fraction of sp³-hybridized carbons (Fsp3) is 0.588. The van der Waals surface area contributed by atoms with Crippen molar-refractivity contribution >= 4 is 99.9 Å². The maximum absolute atomic E-state index is 14.8. The highest BCUT2D eigenvalue weighted by molar-refractivity contribution is 6.08. The van der Waals surface area contributed by atoms with E-state index in [0.29, 0.717) is 84.9 Å². The van der Waals surface area contributed by atoms with Gasteiger partial charge in [-0.05, 0) is 114 Å². The molecule has 5 fully saturated rings. The number of carboxylic acid groups (broad SMARTS) is 2. The first-order chi connectivity index (χ1) is 58.4. The van der Waals surface area contributed by atoms with Crippen molar-refractivity contribution in [2.45, 2.75) is 125 Å². The summed E-state index contributed by atoms with van der Waals surface area (Å²) in [4.78, 5) is 193. The zero-order valence-electron chi connectivity index (χ0n) is 68.2. The van der Waals surface area contributed by atoms with Gasteiger partial charge in [-0.1, -0.05) is 0 Å². The van der Waals surface area contributed by atoms with Gasteiger partial charge in [0.25, 0.3) is 36.6 Å². The van der Waals surface area contributed by atoms with Gasteiger partial charge >= 0.3 is 11.9 Å². The molecule has 122 heavy (non-hydrogen) atoms. The maximum Gasteiger partial charge on any atom is 0.320 e. The number of ether oxygens (including phenoxy) is 4. The van der Waals surface area contributed by atoms with E-state index in [4.69, 9.17) is 18.9 Å². The number of carbonyl (C=O) groups excluding carboxylic acids is 11. The monoisotopic (exact) mass is 1710 g/mol. The average Bonchev–Trinajstić information content (AvgIpc) is 1.12. The second-order valence-electron chi connectivity index (χ2n) is 30.8. The third-order valence-corrected chi connectivity index (χ3v) is 22.1. The molecule has 38 nitrogen and oxygen atoms in total. The first-order valence-electron chi connectivity index (χ1n) is 40.4. The number of fused-ring (bicyclic) bond motifs is 2. The van der Waals surface area contributed by atoms with Crippen molar-refractivity contribution in [2.75, 3.05) is 178 Å². The first kappa shape index (κ1) is 94.3. The van der Waals surface area contributed by atoms with Gasteiger partial charge < -0.3 is 75.3 Å². The van der Waals surface area contributed by atoms with Crippen LogP contribution in [0.15, 0.2) is 60.9 Å². The normalized spacial score (nSPS) is 19.6. The number of alkyl halides is 4. The lowest BCUT2D eigenvalue weighted by atomic mass is 10.1. The van der Waals surface area contributed by atoms with E-state index in [1.54, 1.807) is 96.9 Å². The topological polar surface area (TPSA) is 465 Å². The highest BCUT2D eigenvalue weighted by Crippen LogP contribution is 2.34. The molecule has 0 saturated carbocycles. The van der Waals surface area contributed by atoms with Crippen molar-refractivity contribution in [2.24, 2.45) is 0 Å². The molecule has 2 aromatic carbocycles. The van der Waals surface area contributed by atoms with Crippen LogP contribution in [0.4, 0.5) is 17.6 Å². The van der Waals surface area contributed by atoms with E-state index in [1.807, 2.05) is 4.90 Å². The number of unbranched alkanes of at least 4 members (excludes halogenated alkanes) is 2. The summed E-state index contributed by atoms with van der Waals surface area (Å²) in [7, 11) is 3.50. The summed E-state index contributed by atoms with van der Waals surface area (Å²) >= 11 is 0. The van der Waals surface area contributed by atoms with E-state index in [-0.39, 0.29) is 191 Å². The number of aliphatic carboxylic acids is 2. The Bertz CT molecular complexity index is 4450. The molecule has 9 rings (SSSR count). The van der Waals surface area contributed by atoms with Crippen molar-refractivity contribution in [3.05, 3.63) is 72.1 Å². The van der Waals surface area contributed by atoms with Gasteiger partial charge in [0.15, 0.2) is 0 Å². The van der Waals surface area contributed by atoms with E-state index >= 15 is 0 Å². The number of pyridine rings is 2. The second-order valence-corrected chi connectivity index (χ2v) is 30.8. The zero-order valence-corrected chi connectivity index (χ0v) is 68.2. The molecule has 7 N–H and O–H groups in total. The molecule has 5 saturated heterocycles. The standard InChI is InChI=1S/C80H105F4N19O19/c1-94(45-69(107)89-19-3-5-33-121-58-7-9-64-62(35-58)60(15-21-87-64)75(114)91-41-72(110)102-48-79(81,82)37-56(102)39-85)54-17-23-100(43-54)71(109)14-11-66(93-68(106)13-12-67(78(117)118)99-31-29-96(47-74(112)113)25-26-97(50-119-52-104)27-28-98(30-32-99)51-120-53-105)77(116)101-24-18-55(44-101)95(2)46-70(108)90-20-4-6-34-122-59-8-10-65-63(36-59)61(16-22-88-65)76(115)92-42-73(111)103-49-80(83,84)38-57(103)40-86/h7-10,15-16,21-22,35-36,52-57,66-67H,3-6,11-14,17-20,23-34,37-38,41-51H2,1-2H3,(H,89,107)(H,90,108)(H,91,114)(H,92,115)(H,93,106)(H,112,113)(H,117,118)/t54-,55-,56+,57+,66+,67?/m1/s1. The largest absolute Gasteiger partial charge is 0.494 e. The van der Waals surface area contributed by atoms with Crippen molar-refractivity contribution in [1.82, 2.24) is 85.6 Å². The molecule has 662 valence electrons. The zero-order chi connectivity index (χ0) is 88.0. The Kier molecular flexibility index (Phi) is 35.5. The quantitative estimate of drug-likeness (QED) is 0.0176. The van der Waals surface area contributed by atoms with Gasteiger partial charge in [-0.15, -0.1) is 0 Å². The molecular formula is C80H105F4N19O19. The number of aromatic nitrogens is 2. The van der Waals surface area contributed by atoms with Crippen LogP contribution in [-0.2, 0) is 62.2 Å². The Morgan fingerprint density at radius 3 is 1.50 bits per heavy atom. The number of amides is 9. The smallest absolute Gasteiger partial charge is 0.320 e. The van der Waals surface area contributed by atoms with Crippen molar-refractivity contribution < 1.29 is 109 Å². The molecule has 0 aliphatic carbocycles. The molecule has 9 amide bonds. The third-order valence-electron chi connectivity index (χ3n) is 22.1. The number of carbonyl (C=O) groups is 13. The summed E-state index contributed by atoms with van der Waals surface area (Å²) in [5, 5.41) is 53.6. The summed E-state index contributed by atoms with van der Waals surface area (Å²) in [6.07, 6.45) is 3.23. The number of likely N-dealkylation sites (N-methyl/N-ethyl adjacent to an activating group) is 2. The van der Waals surface area contributed by atoms with Crippen LogP contribution in [0.1, 0.15) is 97.8 Å². The number of hydrogen-bond acceptors (Lipinski definition) is 27. The Morgan fingerprint density at radius 1 is 0.574 bits per heavy atom. The number of nitrogens with one attached hydrogen (secondary N) is 5. The molecule has 0 spiro atoms. The number of benzene rings is 2. The van der Waals surface area contributed by atoms with Crippen LogP contribution in [0.25, 0.3) is 21.8 Å². The number of halogens is 4. The minimum absolute atomic E-state index is 0.00394. The number of likely N-dealkylation sites (tertiary alicyclic amines) is 4. The SMILES string of the molecule is CN(CC(=O)NCCCCOc1ccc2nccc(C(=O)NCC(=O)N3CC(F)(F)C[C@H]3C#N)c2c1)[C@@H]1CCN(C(=O)CC[C@H](NC(=O)CCC(C(=O)O)N2CCN(COC=O)CCN(COC=O)CCN(CC(=O)O)CC2)C(=O)N2CC[C@@H](N(C)CC(=O)NCCCCOc3ccc4nccc(C(=O)NCC(=O)N5CC(F)(F)C[C@H]5C#N)c4c3)C2)C1. The lowest BCUT2D eigenvalue weighted by molar-refractivity contribution is -0.145. The Balaban J connectivity index is 0.752. The van der Waals surface area contributed by atoms with Crippen LogP contribution in [0.3, 0.4) is 0 Å². The van der Waals surface area contributed by atoms with Crippen LogP contribution >= 0.6 is 0 Å².